The fourth-order valence-electron chi connectivity index (χ4n) is 1.21. The van der Waals surface area contributed by atoms with Crippen LogP contribution in [0.2, 0.25) is 0 Å². The Balaban J connectivity index is 2.97. The van der Waals surface area contributed by atoms with Gasteiger partial charge in [-0.1, -0.05) is 12.1 Å². The van der Waals surface area contributed by atoms with Crippen molar-refractivity contribution >= 4 is 11.7 Å². The van der Waals surface area contributed by atoms with Gasteiger partial charge in [-0.3, -0.25) is 0 Å². The van der Waals surface area contributed by atoms with Gasteiger partial charge in [0, 0.05) is 11.7 Å². The molecule has 0 fully saturated rings. The molecule has 3 heteroatoms. The largest absolute Gasteiger partial charge is 0.465 e. The molecule has 0 radical (unpaired) electrons. The zero-order valence-electron chi connectivity index (χ0n) is 8.70. The van der Waals surface area contributed by atoms with Gasteiger partial charge in [-0.15, -0.1) is 0 Å². The molecule has 0 unspecified atom stereocenters. The predicted octanol–water partition coefficient (Wildman–Crippen LogP) is 2.29. The summed E-state index contributed by atoms with van der Waals surface area (Å²) in [6, 6.07) is 7.61. The maximum atomic E-state index is 11.4. The number of hydrogen-bond acceptors (Lipinski definition) is 3. The molecule has 0 aliphatic heterocycles. The first kappa shape index (κ1) is 10.6. The van der Waals surface area contributed by atoms with Gasteiger partial charge in [0.05, 0.1) is 12.7 Å². The lowest BCUT2D eigenvalue weighted by atomic mass is 10.1. The molecule has 0 aliphatic rings. The number of rotatable bonds is 3. The van der Waals surface area contributed by atoms with Crippen LogP contribution < -0.4 is 5.32 Å². The summed E-state index contributed by atoms with van der Waals surface area (Å²) in [6.07, 6.45) is 0. The number of para-hydroxylation sites is 1. The van der Waals surface area contributed by atoms with Crippen LogP contribution in [-0.2, 0) is 4.74 Å². The first-order valence-corrected chi connectivity index (χ1v) is 4.59. The minimum absolute atomic E-state index is 0.292. The summed E-state index contributed by atoms with van der Waals surface area (Å²) in [6.45, 7) is 4.04. The van der Waals surface area contributed by atoms with Crippen LogP contribution in [0.25, 0.3) is 0 Å². The number of hydrogen-bond donors (Lipinski definition) is 1. The number of anilines is 1. The Labute approximate surface area is 84.1 Å². The molecule has 0 spiro atoms. The fraction of sp³-hybridized carbons (Fsp3) is 0.364. The fourth-order valence-corrected chi connectivity index (χ4v) is 1.21. The molecule has 0 saturated heterocycles. The van der Waals surface area contributed by atoms with Crippen LogP contribution in [0.5, 0.6) is 0 Å². The molecule has 0 heterocycles. The molecule has 0 aromatic heterocycles. The topological polar surface area (TPSA) is 38.3 Å². The summed E-state index contributed by atoms with van der Waals surface area (Å²) in [7, 11) is 1.38. The van der Waals surface area contributed by atoms with Crippen molar-refractivity contribution in [3.63, 3.8) is 0 Å². The third-order valence-electron chi connectivity index (χ3n) is 1.78. The molecule has 1 rings (SSSR count). The van der Waals surface area contributed by atoms with Crippen LogP contribution in [0.4, 0.5) is 5.69 Å². The van der Waals surface area contributed by atoms with Gasteiger partial charge >= 0.3 is 5.97 Å². The van der Waals surface area contributed by atoms with Gasteiger partial charge in [0.25, 0.3) is 0 Å². The normalized spacial score (nSPS) is 10.0. The van der Waals surface area contributed by atoms with Crippen molar-refractivity contribution in [2.75, 3.05) is 12.4 Å². The van der Waals surface area contributed by atoms with Crippen molar-refractivity contribution in [1.29, 1.82) is 0 Å². The Kier molecular flexibility index (Phi) is 3.51. The average molecular weight is 193 g/mol. The van der Waals surface area contributed by atoms with Gasteiger partial charge in [0.1, 0.15) is 0 Å². The van der Waals surface area contributed by atoms with E-state index in [0.29, 0.717) is 11.6 Å². The predicted molar refractivity (Wildman–Crippen MR) is 56.5 cm³/mol. The molecule has 0 aliphatic carbocycles. The van der Waals surface area contributed by atoms with Gasteiger partial charge in [0.15, 0.2) is 0 Å². The van der Waals surface area contributed by atoms with Crippen LogP contribution in [0.3, 0.4) is 0 Å². The second kappa shape index (κ2) is 4.65. The number of esters is 1. The van der Waals surface area contributed by atoms with E-state index < -0.39 is 0 Å². The molecule has 1 aromatic rings. The highest BCUT2D eigenvalue weighted by Gasteiger charge is 2.10. The first-order chi connectivity index (χ1) is 6.65. The third kappa shape index (κ3) is 2.49. The van der Waals surface area contributed by atoms with Gasteiger partial charge in [-0.2, -0.15) is 0 Å². The van der Waals surface area contributed by atoms with E-state index in [2.05, 4.69) is 10.1 Å². The summed E-state index contributed by atoms with van der Waals surface area (Å²) in [5.74, 6) is -0.311. The van der Waals surface area contributed by atoms with Crippen molar-refractivity contribution < 1.29 is 9.53 Å². The van der Waals surface area contributed by atoms with E-state index in [1.54, 1.807) is 6.07 Å². The highest BCUT2D eigenvalue weighted by atomic mass is 16.5. The van der Waals surface area contributed by atoms with Gasteiger partial charge < -0.3 is 10.1 Å². The number of ether oxygens (including phenoxy) is 1. The summed E-state index contributed by atoms with van der Waals surface area (Å²) < 4.78 is 4.68. The highest BCUT2D eigenvalue weighted by molar-refractivity contribution is 5.95. The number of carbonyl (C=O) groups excluding carboxylic acids is 1. The number of carbonyl (C=O) groups is 1. The van der Waals surface area contributed by atoms with Crippen molar-refractivity contribution in [2.45, 2.75) is 19.9 Å². The van der Waals surface area contributed by atoms with E-state index in [9.17, 15) is 4.79 Å². The van der Waals surface area contributed by atoms with Crippen molar-refractivity contribution in [3.05, 3.63) is 29.8 Å². The van der Waals surface area contributed by atoms with E-state index in [4.69, 9.17) is 0 Å². The maximum absolute atomic E-state index is 11.4. The van der Waals surface area contributed by atoms with E-state index in [1.807, 2.05) is 32.0 Å². The van der Waals surface area contributed by atoms with Crippen molar-refractivity contribution in [2.24, 2.45) is 0 Å². The maximum Gasteiger partial charge on any atom is 0.339 e. The first-order valence-electron chi connectivity index (χ1n) is 4.59. The van der Waals surface area contributed by atoms with Gasteiger partial charge in [-0.25, -0.2) is 4.79 Å². The lowest BCUT2D eigenvalue weighted by molar-refractivity contribution is 0.0602. The molecule has 0 amide bonds. The lowest BCUT2D eigenvalue weighted by Gasteiger charge is -2.12. The van der Waals surface area contributed by atoms with Gasteiger partial charge in [-0.05, 0) is 26.0 Å². The molecule has 76 valence electrons. The van der Waals surface area contributed by atoms with Crippen LogP contribution in [0.15, 0.2) is 24.3 Å². The smallest absolute Gasteiger partial charge is 0.339 e. The molecule has 0 atom stereocenters. The number of benzene rings is 1. The molecule has 0 saturated carbocycles. The van der Waals surface area contributed by atoms with Crippen molar-refractivity contribution in [3.8, 4) is 0 Å². The Morgan fingerprint density at radius 3 is 2.57 bits per heavy atom. The van der Waals surface area contributed by atoms with E-state index in [0.717, 1.165) is 5.69 Å². The molecule has 1 N–H and O–H groups in total. The lowest BCUT2D eigenvalue weighted by Crippen LogP contribution is -2.13. The second-order valence-electron chi connectivity index (χ2n) is 3.34. The minimum Gasteiger partial charge on any atom is -0.465 e. The third-order valence-corrected chi connectivity index (χ3v) is 1.78. The SMILES string of the molecule is COC(=O)c1ccccc1NC(C)C. The Morgan fingerprint density at radius 2 is 2.00 bits per heavy atom. The molecule has 14 heavy (non-hydrogen) atoms. The average Bonchev–Trinajstić information content (AvgIpc) is 2.16. The standard InChI is InChI=1S/C11H15NO2/c1-8(2)12-10-7-5-4-6-9(10)11(13)14-3/h4-8,12H,1-3H3. The molecule has 3 nitrogen and oxygen atoms in total. The summed E-state index contributed by atoms with van der Waals surface area (Å²) in [5.41, 5.74) is 1.39. The summed E-state index contributed by atoms with van der Waals surface area (Å²) in [5, 5.41) is 3.19. The van der Waals surface area contributed by atoms with Crippen LogP contribution >= 0.6 is 0 Å². The summed E-state index contributed by atoms with van der Waals surface area (Å²) >= 11 is 0. The number of nitrogens with one attached hydrogen (secondary N) is 1. The molecule has 1 aromatic carbocycles. The van der Waals surface area contributed by atoms with Crippen molar-refractivity contribution in [1.82, 2.24) is 0 Å². The Bertz CT molecular complexity index is 321. The van der Waals surface area contributed by atoms with Crippen LogP contribution in [0, 0.1) is 0 Å². The zero-order valence-corrected chi connectivity index (χ0v) is 8.70. The van der Waals surface area contributed by atoms with Crippen LogP contribution in [0.1, 0.15) is 24.2 Å². The molecular formula is C11H15NO2. The van der Waals surface area contributed by atoms with Gasteiger partial charge in [0.2, 0.25) is 0 Å². The van der Waals surface area contributed by atoms with E-state index >= 15 is 0 Å². The molecular weight excluding hydrogens is 178 g/mol. The monoisotopic (exact) mass is 193 g/mol. The number of methoxy groups -OCH3 is 1. The van der Waals surface area contributed by atoms with E-state index in [-0.39, 0.29) is 5.97 Å². The second-order valence-corrected chi connectivity index (χ2v) is 3.34. The summed E-state index contributed by atoms with van der Waals surface area (Å²) in [4.78, 5) is 11.4. The highest BCUT2D eigenvalue weighted by Crippen LogP contribution is 2.16. The zero-order chi connectivity index (χ0) is 10.6. The minimum atomic E-state index is -0.311. The quantitative estimate of drug-likeness (QED) is 0.748. The Hall–Kier alpha value is -1.51. The molecule has 0 bridgehead atoms. The van der Waals surface area contributed by atoms with Crippen LogP contribution in [-0.4, -0.2) is 19.1 Å². The van der Waals surface area contributed by atoms with E-state index in [1.165, 1.54) is 7.11 Å². The Morgan fingerprint density at radius 1 is 1.36 bits per heavy atom.